The smallest absolute Gasteiger partial charge is 0.133 e. The van der Waals surface area contributed by atoms with Gasteiger partial charge in [0.25, 0.3) is 0 Å². The van der Waals surface area contributed by atoms with Gasteiger partial charge in [0.05, 0.1) is 0 Å². The third kappa shape index (κ3) is 0.892. The largest absolute Gasteiger partial charge is 0.396 e. The van der Waals surface area contributed by atoms with Gasteiger partial charge in [-0.2, -0.15) is 0 Å². The molecule has 2 atom stereocenters. The summed E-state index contributed by atoms with van der Waals surface area (Å²) in [5.41, 5.74) is 0. The summed E-state index contributed by atoms with van der Waals surface area (Å²) >= 11 is 0. The molecule has 0 amide bonds. The second-order valence-corrected chi connectivity index (χ2v) is 2.40. The van der Waals surface area contributed by atoms with Crippen LogP contribution in [-0.4, -0.2) is 17.5 Å². The Kier molecular flexibility index (Phi) is 1.34. The van der Waals surface area contributed by atoms with Gasteiger partial charge in [-0.05, 0) is 19.3 Å². The molecule has 0 aromatic rings. The molecule has 0 unspecified atom stereocenters. The lowest BCUT2D eigenvalue weighted by molar-refractivity contribution is -0.118. The zero-order valence-electron chi connectivity index (χ0n) is 4.92. The summed E-state index contributed by atoms with van der Waals surface area (Å²) < 4.78 is 0. The van der Waals surface area contributed by atoms with Crippen LogP contribution in [0.25, 0.3) is 0 Å². The second-order valence-electron chi connectivity index (χ2n) is 2.40. The Labute approximate surface area is 48.5 Å². The van der Waals surface area contributed by atoms with E-state index in [9.17, 15) is 4.79 Å². The van der Waals surface area contributed by atoms with E-state index in [1.165, 1.54) is 0 Å². The minimum Gasteiger partial charge on any atom is -0.396 e. The Bertz CT molecular complexity index is 109. The highest BCUT2D eigenvalue weighted by Gasteiger charge is 2.39. The molecule has 0 aromatic heterocycles. The number of aliphatic hydroxyl groups excluding tert-OH is 1. The van der Waals surface area contributed by atoms with E-state index < -0.39 is 0 Å². The van der Waals surface area contributed by atoms with Crippen molar-refractivity contribution in [1.82, 2.24) is 0 Å². The van der Waals surface area contributed by atoms with Crippen LogP contribution in [0.2, 0.25) is 0 Å². The summed E-state index contributed by atoms with van der Waals surface area (Å²) in [5, 5.41) is 8.47. The molecule has 2 heteroatoms. The Morgan fingerprint density at radius 3 is 2.62 bits per heavy atom. The van der Waals surface area contributed by atoms with Gasteiger partial charge < -0.3 is 5.11 Å². The van der Waals surface area contributed by atoms with Crippen LogP contribution in [-0.2, 0) is 4.79 Å². The van der Waals surface area contributed by atoms with E-state index in [0.29, 0.717) is 5.92 Å². The van der Waals surface area contributed by atoms with Crippen molar-refractivity contribution < 1.29 is 9.90 Å². The Morgan fingerprint density at radius 2 is 2.50 bits per heavy atom. The van der Waals surface area contributed by atoms with Crippen LogP contribution in [0.15, 0.2) is 0 Å². The molecule has 0 spiro atoms. The van der Waals surface area contributed by atoms with Gasteiger partial charge >= 0.3 is 0 Å². The monoisotopic (exact) mass is 114 g/mol. The minimum atomic E-state index is 0.185. The van der Waals surface area contributed by atoms with Gasteiger partial charge in [0, 0.05) is 12.5 Å². The molecule has 1 aliphatic rings. The average Bonchev–Trinajstić information content (AvgIpc) is 2.42. The van der Waals surface area contributed by atoms with Crippen LogP contribution >= 0.6 is 0 Å². The molecule has 0 bridgehead atoms. The Morgan fingerprint density at radius 1 is 1.88 bits per heavy atom. The van der Waals surface area contributed by atoms with Gasteiger partial charge in [-0.25, -0.2) is 0 Å². The number of rotatable bonds is 2. The van der Waals surface area contributed by atoms with Crippen LogP contribution in [0, 0.1) is 11.8 Å². The molecule has 0 saturated heterocycles. The first-order valence-corrected chi connectivity index (χ1v) is 2.87. The Hall–Kier alpha value is -0.370. The molecular formula is C6H10O2. The lowest BCUT2D eigenvalue weighted by Crippen LogP contribution is -1.97. The fraction of sp³-hybridized carbons (Fsp3) is 0.833. The van der Waals surface area contributed by atoms with Crippen LogP contribution in [0.4, 0.5) is 0 Å². The predicted octanol–water partition coefficient (Wildman–Crippen LogP) is 0.204. The highest BCUT2D eigenvalue weighted by molar-refractivity contribution is 5.81. The average molecular weight is 114 g/mol. The zero-order chi connectivity index (χ0) is 6.15. The number of ketones is 1. The Balaban J connectivity index is 2.26. The molecule has 2 nitrogen and oxygen atoms in total. The molecule has 0 radical (unpaired) electrons. The lowest BCUT2D eigenvalue weighted by Gasteiger charge is -1.85. The summed E-state index contributed by atoms with van der Waals surface area (Å²) in [6.07, 6.45) is 0.909. The van der Waals surface area contributed by atoms with E-state index in [-0.39, 0.29) is 18.3 Å². The van der Waals surface area contributed by atoms with Crippen LogP contribution in [0.1, 0.15) is 13.3 Å². The van der Waals surface area contributed by atoms with Crippen molar-refractivity contribution in [1.29, 1.82) is 0 Å². The van der Waals surface area contributed by atoms with Crippen molar-refractivity contribution in [2.45, 2.75) is 13.3 Å². The zero-order valence-corrected chi connectivity index (χ0v) is 4.92. The molecule has 1 saturated carbocycles. The summed E-state index contributed by atoms with van der Waals surface area (Å²) in [4.78, 5) is 10.5. The van der Waals surface area contributed by atoms with Gasteiger partial charge in [-0.3, -0.25) is 4.79 Å². The lowest BCUT2D eigenvalue weighted by atomic mass is 10.2. The first-order chi connectivity index (χ1) is 3.75. The predicted molar refractivity (Wildman–Crippen MR) is 29.4 cm³/mol. The van der Waals surface area contributed by atoms with Crippen molar-refractivity contribution in [3.8, 4) is 0 Å². The number of carbonyl (C=O) groups is 1. The van der Waals surface area contributed by atoms with Gasteiger partial charge in [-0.1, -0.05) is 0 Å². The van der Waals surface area contributed by atoms with Crippen LogP contribution in [0.3, 0.4) is 0 Å². The third-order valence-corrected chi connectivity index (χ3v) is 1.68. The topological polar surface area (TPSA) is 37.3 Å². The summed E-state index contributed by atoms with van der Waals surface area (Å²) in [6, 6.07) is 0. The first-order valence-electron chi connectivity index (χ1n) is 2.87. The third-order valence-electron chi connectivity index (χ3n) is 1.68. The molecule has 1 aliphatic carbocycles. The normalized spacial score (nSPS) is 34.8. The van der Waals surface area contributed by atoms with Crippen molar-refractivity contribution in [3.63, 3.8) is 0 Å². The van der Waals surface area contributed by atoms with Crippen LogP contribution in [0.5, 0.6) is 0 Å². The molecule has 1 fully saturated rings. The highest BCUT2D eigenvalue weighted by atomic mass is 16.3. The number of hydrogen-bond donors (Lipinski definition) is 1. The second kappa shape index (κ2) is 1.86. The van der Waals surface area contributed by atoms with E-state index in [1.807, 2.05) is 0 Å². The fourth-order valence-corrected chi connectivity index (χ4v) is 0.947. The van der Waals surface area contributed by atoms with Crippen molar-refractivity contribution in [2.24, 2.45) is 11.8 Å². The molecule has 1 N–H and O–H groups in total. The molecular weight excluding hydrogens is 104 g/mol. The van der Waals surface area contributed by atoms with E-state index >= 15 is 0 Å². The number of aliphatic hydroxyl groups is 1. The molecule has 0 aliphatic heterocycles. The van der Waals surface area contributed by atoms with Gasteiger partial charge in [0.15, 0.2) is 0 Å². The molecule has 0 heterocycles. The van der Waals surface area contributed by atoms with E-state index in [1.54, 1.807) is 6.92 Å². The van der Waals surface area contributed by atoms with Crippen LogP contribution < -0.4 is 0 Å². The summed E-state index contributed by atoms with van der Waals surface area (Å²) in [6.45, 7) is 1.77. The van der Waals surface area contributed by atoms with Crippen molar-refractivity contribution >= 4 is 5.78 Å². The van der Waals surface area contributed by atoms with E-state index in [0.717, 1.165) is 6.42 Å². The quantitative estimate of drug-likeness (QED) is 0.557. The van der Waals surface area contributed by atoms with E-state index in [2.05, 4.69) is 0 Å². The van der Waals surface area contributed by atoms with E-state index in [4.69, 9.17) is 5.11 Å². The maximum atomic E-state index is 10.5. The number of hydrogen-bond acceptors (Lipinski definition) is 2. The highest BCUT2D eigenvalue weighted by Crippen LogP contribution is 2.38. The standard InChI is InChI=1S/C6H10O2/c1-4(8)6-2-5(6)3-7/h5-7H,2-3H2,1H3/t5-,6-/m1/s1. The summed E-state index contributed by atoms with van der Waals surface area (Å²) in [7, 11) is 0. The maximum absolute atomic E-state index is 10.5. The molecule has 8 heavy (non-hydrogen) atoms. The molecule has 1 rings (SSSR count). The maximum Gasteiger partial charge on any atom is 0.133 e. The van der Waals surface area contributed by atoms with Gasteiger partial charge in [0.1, 0.15) is 5.78 Å². The van der Waals surface area contributed by atoms with Gasteiger partial charge in [0.2, 0.25) is 0 Å². The van der Waals surface area contributed by atoms with Crippen molar-refractivity contribution in [3.05, 3.63) is 0 Å². The summed E-state index contributed by atoms with van der Waals surface area (Å²) in [5.74, 6) is 0.719. The fourth-order valence-electron chi connectivity index (χ4n) is 0.947. The van der Waals surface area contributed by atoms with Gasteiger partial charge in [-0.15, -0.1) is 0 Å². The molecule has 46 valence electrons. The minimum absolute atomic E-state index is 0.185. The molecule has 0 aromatic carbocycles. The first kappa shape index (κ1) is 5.76. The number of carbonyl (C=O) groups excluding carboxylic acids is 1. The SMILES string of the molecule is CC(=O)[C@H]1C[C@@H]1CO. The number of Topliss-reactive ketones (excluding diaryl/α,β-unsaturated/α-hetero) is 1. The van der Waals surface area contributed by atoms with Crippen molar-refractivity contribution in [2.75, 3.05) is 6.61 Å².